The van der Waals surface area contributed by atoms with Gasteiger partial charge >= 0.3 is 35.2 Å². The molecule has 18 nitrogen and oxygen atoms in total. The number of imidazole rings is 1. The fourth-order valence-electron chi connectivity index (χ4n) is 3.84. The van der Waals surface area contributed by atoms with E-state index in [1.54, 1.807) is 12.1 Å². The minimum atomic E-state index is -5.14. The van der Waals surface area contributed by atoms with E-state index in [0.29, 0.717) is 28.0 Å². The number of aromatic amines is 2. The number of aliphatic hydroxyl groups is 3. The summed E-state index contributed by atoms with van der Waals surface area (Å²) in [6.45, 7) is 2.20. The van der Waals surface area contributed by atoms with Crippen molar-refractivity contribution in [2.45, 2.75) is 38.7 Å². The van der Waals surface area contributed by atoms with Crippen molar-refractivity contribution in [1.29, 1.82) is 0 Å². The zero-order chi connectivity index (χ0) is 30.1. The maximum Gasteiger partial charge on any atom is 1.00 e. The van der Waals surface area contributed by atoms with E-state index in [-0.39, 0.29) is 41.1 Å². The predicted octanol–water partition coefficient (Wildman–Crippen LogP) is -5.30. The average molecular weight is 613 g/mol. The van der Waals surface area contributed by atoms with Gasteiger partial charge in [0.15, 0.2) is 23.0 Å². The first-order valence-corrected chi connectivity index (χ1v) is 13.3. The van der Waals surface area contributed by atoms with Gasteiger partial charge in [-0.25, -0.2) is 24.7 Å². The zero-order valence-electron chi connectivity index (χ0n) is 22.5. The van der Waals surface area contributed by atoms with Crippen LogP contribution >= 0.6 is 7.82 Å². The molecule has 0 amide bonds. The van der Waals surface area contributed by atoms with Crippen LogP contribution in [0.25, 0.3) is 33.7 Å². The van der Waals surface area contributed by atoms with Gasteiger partial charge < -0.3 is 44.9 Å². The molecule has 2 aromatic heterocycles. The molecule has 2 aliphatic rings. The van der Waals surface area contributed by atoms with Crippen LogP contribution in [0, 0.1) is 13.8 Å². The third-order valence-electron chi connectivity index (χ3n) is 6.04. The summed E-state index contributed by atoms with van der Waals surface area (Å²) >= 11 is 0. The van der Waals surface area contributed by atoms with Crippen molar-refractivity contribution in [2.75, 3.05) is 12.3 Å². The molecule has 2 aliphatic heterocycles. The summed E-state index contributed by atoms with van der Waals surface area (Å²) in [5.74, 6) is 0.281. The Labute approximate surface area is 257 Å². The van der Waals surface area contributed by atoms with Crippen LogP contribution in [0.5, 0.6) is 0 Å². The van der Waals surface area contributed by atoms with E-state index in [1.165, 1.54) is 17.2 Å². The molecule has 42 heavy (non-hydrogen) atoms. The van der Waals surface area contributed by atoms with Crippen molar-refractivity contribution >= 4 is 35.8 Å². The second-order valence-electron chi connectivity index (χ2n) is 8.94. The van der Waals surface area contributed by atoms with Gasteiger partial charge in [0, 0.05) is 0 Å². The molecule has 3 aromatic rings. The maximum absolute atomic E-state index is 12.2. The number of nitrogen functional groups attached to an aromatic ring is 1. The quantitative estimate of drug-likeness (QED) is 0.0512. The zero-order valence-corrected chi connectivity index (χ0v) is 25.4. The normalized spacial score (nSPS) is 14.9. The van der Waals surface area contributed by atoms with Crippen LogP contribution in [0.4, 0.5) is 5.82 Å². The summed E-state index contributed by atoms with van der Waals surface area (Å²) in [4.78, 5) is 67.6. The number of H-pyrrole nitrogens is 2. The third-order valence-corrected chi connectivity index (χ3v) is 6.52. The Balaban J connectivity index is 0.000000368. The Bertz CT molecular complexity index is 1840. The average Bonchev–Trinajstić information content (AvgIpc) is 3.39. The molecule has 218 valence electrons. The van der Waals surface area contributed by atoms with Crippen molar-refractivity contribution < 1.29 is 63.8 Å². The summed E-state index contributed by atoms with van der Waals surface area (Å²) in [5.41, 5.74) is 7.34. The molecule has 0 fully saturated rings. The summed E-state index contributed by atoms with van der Waals surface area (Å²) in [7, 11) is -5.14. The summed E-state index contributed by atoms with van der Waals surface area (Å²) < 4.78 is 16.0. The minimum absolute atomic E-state index is 0. The number of phosphoric ester groups is 1. The number of phosphoric acid groups is 1. The second-order valence-corrected chi connectivity index (χ2v) is 10.1. The number of benzene rings is 1. The Morgan fingerprint density at radius 1 is 1.10 bits per heavy atom. The van der Waals surface area contributed by atoms with Gasteiger partial charge in [-0.15, -0.1) is 0 Å². The Morgan fingerprint density at radius 3 is 2.45 bits per heavy atom. The molecule has 8 N–H and O–H groups in total. The van der Waals surface area contributed by atoms with Crippen molar-refractivity contribution in [3.05, 3.63) is 56.8 Å². The van der Waals surface area contributed by atoms with Crippen molar-refractivity contribution in [1.82, 2.24) is 39.5 Å². The molecule has 0 aliphatic carbocycles. The first-order chi connectivity index (χ1) is 19.2. The number of nitrogens with two attached hydrogens (primary N) is 1. The van der Waals surface area contributed by atoms with Crippen LogP contribution in [-0.4, -0.2) is 84.6 Å². The summed E-state index contributed by atoms with van der Waals surface area (Å²) in [6, 6.07) is 3.40. The standard InChI is InChI=1S/C17H21N4O9P.C5H5N5.Na/c1-7-3-9-10(4-8(7)2)21(15-13(18-9)16(25)20-17(26)19-15)5-11(22)14(24)12(23)6-30-31(27,28)29;6-4-3-5(9-1-7-3)10-2-8-4;/h3-4,11-12,14,22-24H,5-6H2,1-2H3,(H,20,25,26)(H2,27,28,29);1-2H,(H3,6,7,8,9,10);/q;;+1/p-1/t11-,12+,14-;;/m0../s1. The van der Waals surface area contributed by atoms with Crippen molar-refractivity contribution in [3.8, 4) is 11.5 Å². The largest absolute Gasteiger partial charge is 1.00 e. The summed E-state index contributed by atoms with van der Waals surface area (Å²) in [6.07, 6.45) is -2.56. The predicted molar refractivity (Wildman–Crippen MR) is 140 cm³/mol. The number of nitrogens with zero attached hydrogens (tertiary/aromatic N) is 6. The molecular weight excluding hydrogens is 588 g/mol. The number of hydrogen-bond donors (Lipinski definition) is 7. The number of rotatable bonds is 7. The monoisotopic (exact) mass is 613 g/mol. The van der Waals surface area contributed by atoms with Gasteiger partial charge in [0.25, 0.3) is 13.4 Å². The minimum Gasteiger partial charge on any atom is -0.756 e. The fourth-order valence-corrected chi connectivity index (χ4v) is 4.18. The van der Waals surface area contributed by atoms with Gasteiger partial charge in [-0.1, -0.05) is 0 Å². The van der Waals surface area contributed by atoms with Gasteiger partial charge in [0.1, 0.15) is 30.2 Å². The van der Waals surface area contributed by atoms with Gasteiger partial charge in [0.2, 0.25) is 0 Å². The molecule has 1 unspecified atom stereocenters. The Morgan fingerprint density at radius 2 is 1.79 bits per heavy atom. The van der Waals surface area contributed by atoms with E-state index in [9.17, 15) is 34.4 Å². The van der Waals surface area contributed by atoms with E-state index in [1.807, 2.05) is 18.8 Å². The number of hydrogen-bond acceptors (Lipinski definition) is 14. The molecule has 0 saturated heterocycles. The second kappa shape index (κ2) is 13.4. The van der Waals surface area contributed by atoms with Crippen LogP contribution in [-0.2, 0) is 15.6 Å². The molecule has 0 bridgehead atoms. The molecule has 20 heteroatoms. The molecule has 0 saturated carbocycles. The van der Waals surface area contributed by atoms with Gasteiger partial charge in [0.05, 0.1) is 30.5 Å². The molecule has 4 heterocycles. The van der Waals surface area contributed by atoms with Gasteiger partial charge in [-0.05, 0) is 37.1 Å². The molecule has 0 spiro atoms. The third kappa shape index (κ3) is 7.61. The van der Waals surface area contributed by atoms with Crippen LogP contribution in [0.1, 0.15) is 11.1 Å². The van der Waals surface area contributed by atoms with Crippen LogP contribution in [0.3, 0.4) is 0 Å². The first-order valence-electron chi connectivity index (χ1n) is 11.8. The van der Waals surface area contributed by atoms with E-state index < -0.39 is 50.5 Å². The Hall–Kier alpha value is -3.16. The number of aryl methyl sites for hydroxylation is 2. The SMILES string of the molecule is Cc1cc2nc3c(=O)[nH]c(=O)nc-3n(C[C@H](O)[C@H](O)[C@H](O)COP(=O)([O-])O)c2cc1C.Nc1ncnc2nc[nH]c12.[Na+]. The maximum atomic E-state index is 12.2. The topological polar surface area (TPSA) is 291 Å². The van der Waals surface area contributed by atoms with Crippen LogP contribution in [0.2, 0.25) is 0 Å². The number of nitrogens with one attached hydrogen (secondary N) is 2. The number of anilines is 1. The van der Waals surface area contributed by atoms with Crippen LogP contribution in [0.15, 0.2) is 34.4 Å². The number of aliphatic hydroxyl groups excluding tert-OH is 3. The summed E-state index contributed by atoms with van der Waals surface area (Å²) in [5, 5.41) is 30.5. The van der Waals surface area contributed by atoms with E-state index in [0.717, 1.165) is 11.1 Å². The number of aromatic nitrogens is 8. The molecule has 0 radical (unpaired) electrons. The van der Waals surface area contributed by atoms with Gasteiger partial charge in [-0.2, -0.15) is 4.98 Å². The smallest absolute Gasteiger partial charge is 0.756 e. The van der Waals surface area contributed by atoms with E-state index in [4.69, 9.17) is 10.6 Å². The molecule has 5 rings (SSSR count). The van der Waals surface area contributed by atoms with Crippen LogP contribution < -0.4 is 51.4 Å². The van der Waals surface area contributed by atoms with Gasteiger partial charge in [-0.3, -0.25) is 14.3 Å². The van der Waals surface area contributed by atoms with Crippen molar-refractivity contribution in [2.24, 2.45) is 0 Å². The first kappa shape index (κ1) is 33.3. The fraction of sp³-hybridized carbons (Fsp3) is 0.318. The molecular formula is C22H25N9NaO9P. The molecule has 1 aromatic carbocycles. The van der Waals surface area contributed by atoms with E-state index in [2.05, 4.69) is 34.4 Å². The molecule has 4 atom stereocenters. The van der Waals surface area contributed by atoms with E-state index >= 15 is 0 Å². The Kier molecular flexibility index (Phi) is 10.7. The number of fused-ring (bicyclic) bond motifs is 3. The van der Waals surface area contributed by atoms with Crippen molar-refractivity contribution in [3.63, 3.8) is 0 Å².